The number of ether oxygens (including phenoxy) is 1. The maximum atomic E-state index is 12.5. The summed E-state index contributed by atoms with van der Waals surface area (Å²) < 4.78 is 7.76. The molecule has 0 radical (unpaired) electrons. The monoisotopic (exact) mass is 371 g/mol. The molecule has 0 fully saturated rings. The molecule has 3 aromatic heterocycles. The van der Waals surface area contributed by atoms with Gasteiger partial charge in [-0.15, -0.1) is 5.10 Å². The smallest absolute Gasteiger partial charge is 0.350 e. The highest BCUT2D eigenvalue weighted by atomic mass is 16.5. The number of aromatic amines is 1. The number of hydrogen-bond acceptors (Lipinski definition) is 5. The van der Waals surface area contributed by atoms with E-state index in [1.165, 1.54) is 9.08 Å². The zero-order valence-corrected chi connectivity index (χ0v) is 15.4. The van der Waals surface area contributed by atoms with Gasteiger partial charge in [-0.1, -0.05) is 6.07 Å². The van der Waals surface area contributed by atoms with Gasteiger partial charge in [-0.05, 0) is 38.5 Å². The number of esters is 1. The first kappa shape index (κ1) is 18.4. The number of aryl methyl sites for hydroxylation is 1. The zero-order chi connectivity index (χ0) is 19.6. The molecule has 27 heavy (non-hydrogen) atoms. The Morgan fingerprint density at radius 3 is 2.78 bits per heavy atom. The Kier molecular flexibility index (Phi) is 5.11. The van der Waals surface area contributed by atoms with Crippen molar-refractivity contribution >= 4 is 17.5 Å². The van der Waals surface area contributed by atoms with Crippen molar-refractivity contribution in [2.24, 2.45) is 0 Å². The predicted molar refractivity (Wildman–Crippen MR) is 98.0 cm³/mol. The molecule has 9 nitrogen and oxygen atoms in total. The quantitative estimate of drug-likeness (QED) is 0.629. The third-order valence-corrected chi connectivity index (χ3v) is 4.24. The molecule has 0 saturated heterocycles. The van der Waals surface area contributed by atoms with Crippen molar-refractivity contribution in [3.05, 3.63) is 57.4 Å². The number of amides is 1. The van der Waals surface area contributed by atoms with Crippen LogP contribution in [0, 0.1) is 13.8 Å². The van der Waals surface area contributed by atoms with Crippen molar-refractivity contribution < 1.29 is 14.3 Å². The minimum Gasteiger partial charge on any atom is -0.462 e. The summed E-state index contributed by atoms with van der Waals surface area (Å²) in [5.74, 6) is -0.818. The number of hydrogen-bond donors (Lipinski definition) is 2. The molecular weight excluding hydrogens is 350 g/mol. The highest BCUT2D eigenvalue weighted by Gasteiger charge is 2.22. The lowest BCUT2D eigenvalue weighted by Gasteiger charge is -2.05. The number of aromatic nitrogens is 4. The number of rotatable bonds is 6. The molecule has 0 bridgehead atoms. The second kappa shape index (κ2) is 7.48. The molecule has 0 unspecified atom stereocenters. The van der Waals surface area contributed by atoms with Crippen LogP contribution < -0.4 is 11.0 Å². The second-order valence-electron chi connectivity index (χ2n) is 6.04. The van der Waals surface area contributed by atoms with Crippen LogP contribution in [0.3, 0.4) is 0 Å². The van der Waals surface area contributed by atoms with E-state index in [1.54, 1.807) is 45.2 Å². The molecule has 9 heteroatoms. The van der Waals surface area contributed by atoms with Gasteiger partial charge in [0, 0.05) is 18.4 Å². The topological polar surface area (TPSA) is 110 Å². The summed E-state index contributed by atoms with van der Waals surface area (Å²) >= 11 is 0. The van der Waals surface area contributed by atoms with E-state index in [0.29, 0.717) is 28.2 Å². The largest absolute Gasteiger partial charge is 0.462 e. The molecule has 0 aliphatic rings. The van der Waals surface area contributed by atoms with E-state index >= 15 is 0 Å². The first-order valence-electron chi connectivity index (χ1n) is 8.62. The average molecular weight is 371 g/mol. The van der Waals surface area contributed by atoms with Gasteiger partial charge in [0.1, 0.15) is 5.69 Å². The van der Waals surface area contributed by atoms with Gasteiger partial charge in [-0.3, -0.25) is 9.20 Å². The van der Waals surface area contributed by atoms with Gasteiger partial charge < -0.3 is 15.0 Å². The van der Waals surface area contributed by atoms with Crippen molar-refractivity contribution in [1.29, 1.82) is 0 Å². The number of carbonyl (C=O) groups excluding carboxylic acids is 2. The Balaban J connectivity index is 1.69. The maximum Gasteiger partial charge on any atom is 0.350 e. The first-order chi connectivity index (χ1) is 12.9. The molecule has 1 amide bonds. The van der Waals surface area contributed by atoms with E-state index in [9.17, 15) is 14.4 Å². The number of nitrogens with one attached hydrogen (secondary N) is 2. The van der Waals surface area contributed by atoms with Crippen molar-refractivity contribution in [2.75, 3.05) is 13.2 Å². The maximum absolute atomic E-state index is 12.5. The van der Waals surface area contributed by atoms with E-state index in [2.05, 4.69) is 15.4 Å². The molecule has 0 spiro atoms. The SMILES string of the molecule is CCOC(=O)c1c(C)[nH]c(C(=O)NCCn2nc3ccccn3c2=O)c1C. The molecule has 0 saturated carbocycles. The fourth-order valence-electron chi connectivity index (χ4n) is 2.96. The molecule has 3 rings (SSSR count). The molecule has 0 aliphatic carbocycles. The summed E-state index contributed by atoms with van der Waals surface area (Å²) in [5, 5.41) is 6.95. The number of pyridine rings is 1. The Hall–Kier alpha value is -3.36. The van der Waals surface area contributed by atoms with Gasteiger partial charge in [0.05, 0.1) is 18.7 Å². The lowest BCUT2D eigenvalue weighted by Crippen LogP contribution is -2.31. The summed E-state index contributed by atoms with van der Waals surface area (Å²) in [6, 6.07) is 5.28. The fourth-order valence-corrected chi connectivity index (χ4v) is 2.96. The number of H-pyrrole nitrogens is 1. The molecule has 2 N–H and O–H groups in total. The Morgan fingerprint density at radius 2 is 2.07 bits per heavy atom. The summed E-state index contributed by atoms with van der Waals surface area (Å²) in [6.07, 6.45) is 1.64. The van der Waals surface area contributed by atoms with Gasteiger partial charge in [-0.2, -0.15) is 0 Å². The molecular formula is C18H21N5O4. The third kappa shape index (κ3) is 3.48. The van der Waals surface area contributed by atoms with Gasteiger partial charge >= 0.3 is 11.7 Å². The summed E-state index contributed by atoms with van der Waals surface area (Å²) in [6.45, 7) is 5.84. The van der Waals surface area contributed by atoms with E-state index in [-0.39, 0.29) is 31.3 Å². The number of fused-ring (bicyclic) bond motifs is 1. The Morgan fingerprint density at radius 1 is 1.30 bits per heavy atom. The van der Waals surface area contributed by atoms with Crippen LogP contribution in [-0.2, 0) is 11.3 Å². The predicted octanol–water partition coefficient (Wildman–Crippen LogP) is 1.05. The van der Waals surface area contributed by atoms with Crippen LogP contribution in [0.4, 0.5) is 0 Å². The van der Waals surface area contributed by atoms with Crippen molar-refractivity contribution in [2.45, 2.75) is 27.3 Å². The van der Waals surface area contributed by atoms with Crippen LogP contribution in [-0.4, -0.2) is 44.2 Å². The first-order valence-corrected chi connectivity index (χ1v) is 8.62. The van der Waals surface area contributed by atoms with Crippen molar-refractivity contribution in [3.63, 3.8) is 0 Å². The number of carbonyl (C=O) groups is 2. The van der Waals surface area contributed by atoms with Crippen LogP contribution in [0.2, 0.25) is 0 Å². The van der Waals surface area contributed by atoms with E-state index < -0.39 is 5.97 Å². The summed E-state index contributed by atoms with van der Waals surface area (Å²) in [4.78, 5) is 39.6. The van der Waals surface area contributed by atoms with E-state index in [1.807, 2.05) is 0 Å². The average Bonchev–Trinajstić information content (AvgIpc) is 3.12. The van der Waals surface area contributed by atoms with Crippen molar-refractivity contribution in [3.8, 4) is 0 Å². The standard InChI is InChI=1S/C18H21N5O4/c1-4-27-17(25)14-11(2)15(20-12(14)3)16(24)19-8-10-23-18(26)22-9-6-5-7-13(22)21-23/h5-7,9,20H,4,8,10H2,1-3H3,(H,19,24). The number of nitrogens with zero attached hydrogens (tertiary/aromatic N) is 3. The normalized spacial score (nSPS) is 10.9. The zero-order valence-electron chi connectivity index (χ0n) is 15.4. The molecule has 142 valence electrons. The van der Waals surface area contributed by atoms with E-state index in [0.717, 1.165) is 0 Å². The summed E-state index contributed by atoms with van der Waals surface area (Å²) in [5.41, 5.74) is 2.07. The molecule has 3 aromatic rings. The lowest BCUT2D eigenvalue weighted by molar-refractivity contribution is 0.0525. The minimum absolute atomic E-state index is 0.217. The van der Waals surface area contributed by atoms with Crippen LogP contribution in [0.5, 0.6) is 0 Å². The molecule has 0 atom stereocenters. The van der Waals surface area contributed by atoms with Crippen LogP contribution in [0.25, 0.3) is 5.65 Å². The van der Waals surface area contributed by atoms with Gasteiger partial charge in [0.15, 0.2) is 5.65 Å². The summed E-state index contributed by atoms with van der Waals surface area (Å²) in [7, 11) is 0. The van der Waals surface area contributed by atoms with Gasteiger partial charge in [0.2, 0.25) is 0 Å². The second-order valence-corrected chi connectivity index (χ2v) is 6.04. The highest BCUT2D eigenvalue weighted by Crippen LogP contribution is 2.19. The lowest BCUT2D eigenvalue weighted by atomic mass is 10.1. The third-order valence-electron chi connectivity index (χ3n) is 4.24. The van der Waals surface area contributed by atoms with Crippen LogP contribution in [0.1, 0.15) is 39.0 Å². The molecule has 0 aliphatic heterocycles. The Bertz CT molecular complexity index is 1060. The molecule has 3 heterocycles. The van der Waals surface area contributed by atoms with E-state index in [4.69, 9.17) is 4.74 Å². The highest BCUT2D eigenvalue weighted by molar-refractivity contribution is 6.00. The van der Waals surface area contributed by atoms with Crippen LogP contribution >= 0.6 is 0 Å². The van der Waals surface area contributed by atoms with Gasteiger partial charge in [-0.25, -0.2) is 14.3 Å². The minimum atomic E-state index is -0.459. The Labute approximate surface area is 155 Å². The van der Waals surface area contributed by atoms with Crippen molar-refractivity contribution in [1.82, 2.24) is 24.5 Å². The molecule has 0 aromatic carbocycles. The van der Waals surface area contributed by atoms with Gasteiger partial charge in [0.25, 0.3) is 5.91 Å². The van der Waals surface area contributed by atoms with Crippen LogP contribution in [0.15, 0.2) is 29.2 Å². The fraction of sp³-hybridized carbons (Fsp3) is 0.333.